The highest BCUT2D eigenvalue weighted by Gasteiger charge is 2.47. The van der Waals surface area contributed by atoms with E-state index in [4.69, 9.17) is 18.9 Å². The van der Waals surface area contributed by atoms with Gasteiger partial charge in [-0.25, -0.2) is 0 Å². The van der Waals surface area contributed by atoms with Crippen molar-refractivity contribution in [2.45, 2.75) is 6.04 Å². The highest BCUT2D eigenvalue weighted by Crippen LogP contribution is 2.44. The van der Waals surface area contributed by atoms with Gasteiger partial charge in [0.25, 0.3) is 11.7 Å². The first-order valence-corrected chi connectivity index (χ1v) is 11.8. The molecule has 3 aromatic rings. The summed E-state index contributed by atoms with van der Waals surface area (Å²) in [4.78, 5) is 30.3. The summed E-state index contributed by atoms with van der Waals surface area (Å²) in [5, 5.41) is 11.5. The largest absolute Gasteiger partial charge is 0.507 e. The van der Waals surface area contributed by atoms with Crippen LogP contribution in [0.15, 0.2) is 66.2 Å². The van der Waals surface area contributed by atoms with E-state index in [1.54, 1.807) is 36.4 Å². The van der Waals surface area contributed by atoms with Crippen molar-refractivity contribution >= 4 is 28.8 Å². The van der Waals surface area contributed by atoms with E-state index in [-0.39, 0.29) is 11.3 Å². The van der Waals surface area contributed by atoms with Gasteiger partial charge in [-0.1, -0.05) is 12.1 Å². The molecule has 38 heavy (non-hydrogen) atoms. The van der Waals surface area contributed by atoms with Crippen LogP contribution >= 0.6 is 0 Å². The maximum Gasteiger partial charge on any atom is 0.300 e. The van der Waals surface area contributed by atoms with Gasteiger partial charge in [0, 0.05) is 43.5 Å². The number of methoxy groups -OCH3 is 4. The number of nitrogens with zero attached hydrogens (tertiary/aromatic N) is 2. The lowest BCUT2D eigenvalue weighted by atomic mass is 9.94. The third kappa shape index (κ3) is 4.70. The average molecular weight is 519 g/mol. The highest BCUT2D eigenvalue weighted by atomic mass is 16.5. The van der Waals surface area contributed by atoms with Crippen molar-refractivity contribution < 1.29 is 33.6 Å². The van der Waals surface area contributed by atoms with Crippen LogP contribution < -0.4 is 28.7 Å². The lowest BCUT2D eigenvalue weighted by Gasteiger charge is -2.26. The predicted molar refractivity (Wildman–Crippen MR) is 145 cm³/mol. The summed E-state index contributed by atoms with van der Waals surface area (Å²) in [6, 6.07) is 16.3. The molecule has 198 valence electrons. The summed E-state index contributed by atoms with van der Waals surface area (Å²) in [5.74, 6) is -0.210. The maximum absolute atomic E-state index is 13.5. The zero-order valence-corrected chi connectivity index (χ0v) is 22.1. The minimum Gasteiger partial charge on any atom is -0.507 e. The molecule has 1 saturated heterocycles. The Morgan fingerprint density at radius 2 is 1.39 bits per heavy atom. The molecule has 1 heterocycles. The van der Waals surface area contributed by atoms with Gasteiger partial charge < -0.3 is 29.0 Å². The molecule has 9 nitrogen and oxygen atoms in total. The fourth-order valence-corrected chi connectivity index (χ4v) is 4.44. The van der Waals surface area contributed by atoms with Gasteiger partial charge in [0.05, 0.1) is 45.7 Å². The molecular weight excluding hydrogens is 488 g/mol. The number of anilines is 2. The van der Waals surface area contributed by atoms with Gasteiger partial charge in [0.2, 0.25) is 0 Å². The van der Waals surface area contributed by atoms with Crippen LogP contribution in [0, 0.1) is 0 Å². The lowest BCUT2D eigenvalue weighted by Crippen LogP contribution is -2.29. The van der Waals surface area contributed by atoms with Gasteiger partial charge in [-0.2, -0.15) is 0 Å². The Bertz CT molecular complexity index is 1370. The Morgan fingerprint density at radius 3 is 1.92 bits per heavy atom. The number of amides is 1. The summed E-state index contributed by atoms with van der Waals surface area (Å²) in [5.41, 5.74) is 2.21. The second-order valence-electron chi connectivity index (χ2n) is 8.80. The first-order chi connectivity index (χ1) is 18.2. The van der Waals surface area contributed by atoms with Crippen molar-refractivity contribution in [1.82, 2.24) is 0 Å². The maximum atomic E-state index is 13.5. The van der Waals surface area contributed by atoms with Crippen LogP contribution in [0.25, 0.3) is 5.76 Å². The molecule has 1 N–H and O–H groups in total. The number of ketones is 1. The van der Waals surface area contributed by atoms with E-state index in [1.165, 1.54) is 33.3 Å². The number of hydrogen-bond donors (Lipinski definition) is 1. The third-order valence-electron chi connectivity index (χ3n) is 6.44. The first kappa shape index (κ1) is 26.4. The number of carbonyl (C=O) groups excluding carboxylic acids is 2. The van der Waals surface area contributed by atoms with Crippen LogP contribution in [-0.2, 0) is 9.59 Å². The molecule has 1 aliphatic rings. The Hall–Kier alpha value is -4.66. The number of aliphatic hydroxyl groups excluding tert-OH is 1. The molecule has 1 amide bonds. The number of Topliss-reactive ketones (excluding diaryl/α,β-unsaturated/α-hetero) is 1. The predicted octanol–water partition coefficient (Wildman–Crippen LogP) is 4.41. The number of carbonyl (C=O) groups is 2. The molecule has 1 unspecified atom stereocenters. The summed E-state index contributed by atoms with van der Waals surface area (Å²) in [6.07, 6.45) is 0. The average Bonchev–Trinajstić information content (AvgIpc) is 3.21. The molecule has 0 radical (unpaired) electrons. The zero-order valence-electron chi connectivity index (χ0n) is 22.1. The zero-order chi connectivity index (χ0) is 27.6. The fourth-order valence-electron chi connectivity index (χ4n) is 4.44. The topological polar surface area (TPSA) is 97.8 Å². The van der Waals surface area contributed by atoms with Crippen molar-refractivity contribution in [1.29, 1.82) is 0 Å². The van der Waals surface area contributed by atoms with Crippen LogP contribution in [0.5, 0.6) is 23.0 Å². The second-order valence-corrected chi connectivity index (χ2v) is 8.80. The van der Waals surface area contributed by atoms with Crippen molar-refractivity contribution in [2.75, 3.05) is 52.3 Å². The fraction of sp³-hybridized carbons (Fsp3) is 0.241. The normalized spacial score (nSPS) is 16.4. The van der Waals surface area contributed by atoms with Crippen molar-refractivity contribution in [3.8, 4) is 23.0 Å². The van der Waals surface area contributed by atoms with Crippen LogP contribution in [0.4, 0.5) is 11.4 Å². The van der Waals surface area contributed by atoms with E-state index >= 15 is 0 Å². The Labute approximate surface area is 221 Å². The molecule has 3 aromatic carbocycles. The van der Waals surface area contributed by atoms with Crippen molar-refractivity contribution in [2.24, 2.45) is 0 Å². The van der Waals surface area contributed by atoms with Crippen LogP contribution in [0.3, 0.4) is 0 Å². The molecule has 0 bridgehead atoms. The summed E-state index contributed by atoms with van der Waals surface area (Å²) >= 11 is 0. The molecule has 9 heteroatoms. The van der Waals surface area contributed by atoms with Gasteiger partial charge in [0.1, 0.15) is 17.3 Å². The van der Waals surface area contributed by atoms with Gasteiger partial charge in [-0.05, 0) is 35.9 Å². The minimum atomic E-state index is -0.920. The van der Waals surface area contributed by atoms with Gasteiger partial charge in [-0.15, -0.1) is 0 Å². The molecule has 0 aliphatic carbocycles. The second kappa shape index (κ2) is 10.8. The van der Waals surface area contributed by atoms with E-state index in [2.05, 4.69) is 0 Å². The Morgan fingerprint density at radius 1 is 0.789 bits per heavy atom. The molecule has 4 rings (SSSR count). The number of aliphatic hydroxyl groups is 1. The molecule has 1 aliphatic heterocycles. The third-order valence-corrected chi connectivity index (χ3v) is 6.44. The number of ether oxygens (including phenoxy) is 4. The summed E-state index contributed by atoms with van der Waals surface area (Å²) in [7, 11) is 9.82. The lowest BCUT2D eigenvalue weighted by molar-refractivity contribution is -0.132. The minimum absolute atomic E-state index is 0.0541. The molecular formula is C29H30N2O7. The van der Waals surface area contributed by atoms with Gasteiger partial charge in [0.15, 0.2) is 11.5 Å². The van der Waals surface area contributed by atoms with Crippen LogP contribution in [0.2, 0.25) is 0 Å². The quantitative estimate of drug-likeness (QED) is 0.266. The summed E-state index contributed by atoms with van der Waals surface area (Å²) < 4.78 is 21.5. The molecule has 0 aromatic heterocycles. The van der Waals surface area contributed by atoms with E-state index in [0.29, 0.717) is 39.8 Å². The van der Waals surface area contributed by atoms with Crippen molar-refractivity contribution in [3.05, 3.63) is 77.4 Å². The number of benzene rings is 3. The van der Waals surface area contributed by atoms with Crippen LogP contribution in [-0.4, -0.2) is 59.3 Å². The number of hydrogen-bond acceptors (Lipinski definition) is 8. The number of rotatable bonds is 8. The highest BCUT2D eigenvalue weighted by molar-refractivity contribution is 6.51. The van der Waals surface area contributed by atoms with Crippen molar-refractivity contribution in [3.63, 3.8) is 0 Å². The first-order valence-electron chi connectivity index (χ1n) is 11.8. The van der Waals surface area contributed by atoms with Gasteiger partial charge >= 0.3 is 0 Å². The Kier molecular flexibility index (Phi) is 7.47. The standard InChI is InChI=1S/C29H30N2O7/c1-30(2)19-10-7-17(8-11-19)26-25(27(32)18-9-12-23(37-5)24(13-18)38-6)28(33)29(34)31(26)20-14-21(35-3)16-22(15-20)36-4/h7-16,26,32H,1-6H3/b27-25+. The molecule has 0 saturated carbocycles. The monoisotopic (exact) mass is 518 g/mol. The van der Waals surface area contributed by atoms with E-state index < -0.39 is 17.7 Å². The van der Waals surface area contributed by atoms with E-state index in [1.807, 2.05) is 43.3 Å². The Balaban J connectivity index is 1.96. The smallest absolute Gasteiger partial charge is 0.300 e. The van der Waals surface area contributed by atoms with Gasteiger partial charge in [-0.3, -0.25) is 14.5 Å². The molecule has 1 atom stereocenters. The van der Waals surface area contributed by atoms with E-state index in [0.717, 1.165) is 5.69 Å². The SMILES string of the molecule is COc1cc(OC)cc(N2C(=O)C(=O)/C(=C(/O)c3ccc(OC)c(OC)c3)C2c2ccc(N(C)C)cc2)c1. The molecule has 1 fully saturated rings. The van der Waals surface area contributed by atoms with E-state index in [9.17, 15) is 14.7 Å². The summed E-state index contributed by atoms with van der Waals surface area (Å²) in [6.45, 7) is 0. The molecule has 0 spiro atoms. The van der Waals surface area contributed by atoms with Crippen LogP contribution in [0.1, 0.15) is 17.2 Å².